The fourth-order valence-electron chi connectivity index (χ4n) is 4.59. The summed E-state index contributed by atoms with van der Waals surface area (Å²) >= 11 is 1.38. The SMILES string of the molecule is COc1cc2c(cc1/C=C1/SC(=Nc3ccccc3)N(c3ccccc3)C1=O)C(C)=CC(C)(C)N2C. The molecule has 182 valence electrons. The molecule has 5 rings (SSSR count). The molecule has 0 unspecified atom stereocenters. The van der Waals surface area contributed by atoms with Crippen LogP contribution in [0, 0.1) is 0 Å². The van der Waals surface area contributed by atoms with E-state index in [1.165, 1.54) is 17.3 Å². The summed E-state index contributed by atoms with van der Waals surface area (Å²) in [7, 11) is 3.77. The van der Waals surface area contributed by atoms with E-state index in [1.54, 1.807) is 12.0 Å². The first-order valence-electron chi connectivity index (χ1n) is 11.9. The summed E-state index contributed by atoms with van der Waals surface area (Å²) in [5, 5.41) is 0.623. The Morgan fingerprint density at radius 1 is 1.00 bits per heavy atom. The summed E-state index contributed by atoms with van der Waals surface area (Å²) in [5.74, 6) is 0.623. The van der Waals surface area contributed by atoms with E-state index in [4.69, 9.17) is 9.73 Å². The van der Waals surface area contributed by atoms with Gasteiger partial charge in [0.1, 0.15) is 5.75 Å². The monoisotopic (exact) mass is 495 g/mol. The number of likely N-dealkylation sites (N-methyl/N-ethyl adjacent to an activating group) is 1. The molecule has 0 bridgehead atoms. The van der Waals surface area contributed by atoms with Crippen molar-refractivity contribution in [1.29, 1.82) is 0 Å². The van der Waals surface area contributed by atoms with Crippen molar-refractivity contribution >= 4 is 51.5 Å². The van der Waals surface area contributed by atoms with Gasteiger partial charge in [0.25, 0.3) is 5.91 Å². The highest BCUT2D eigenvalue weighted by molar-refractivity contribution is 8.19. The number of nitrogens with zero attached hydrogens (tertiary/aromatic N) is 3. The van der Waals surface area contributed by atoms with Crippen molar-refractivity contribution in [1.82, 2.24) is 0 Å². The zero-order valence-corrected chi connectivity index (χ0v) is 22.0. The second-order valence-electron chi connectivity index (χ2n) is 9.47. The van der Waals surface area contributed by atoms with Gasteiger partial charge >= 0.3 is 0 Å². The third-order valence-electron chi connectivity index (χ3n) is 6.66. The molecule has 6 heteroatoms. The standard InChI is InChI=1S/C30H29N3O2S/c1-20-19-30(2,3)32(4)25-18-26(35-5)21(16-24(20)25)17-27-28(34)33(23-14-10-7-11-15-23)29(36-27)31-22-12-8-6-9-13-22/h6-19H,1-5H3/b27-17+,31-29?. The number of ether oxygens (including phenoxy) is 1. The number of benzene rings is 3. The van der Waals surface area contributed by atoms with Crippen molar-refractivity contribution < 1.29 is 9.53 Å². The number of para-hydroxylation sites is 2. The molecule has 1 amide bonds. The van der Waals surface area contributed by atoms with Gasteiger partial charge in [-0.1, -0.05) is 42.5 Å². The van der Waals surface area contributed by atoms with E-state index in [1.807, 2.05) is 66.7 Å². The zero-order valence-electron chi connectivity index (χ0n) is 21.1. The fraction of sp³-hybridized carbons (Fsp3) is 0.200. The molecule has 5 nitrogen and oxygen atoms in total. The average molecular weight is 496 g/mol. The number of hydrogen-bond acceptors (Lipinski definition) is 5. The maximum absolute atomic E-state index is 13.7. The number of rotatable bonds is 4. The molecule has 1 fully saturated rings. The van der Waals surface area contributed by atoms with Gasteiger partial charge in [-0.2, -0.15) is 0 Å². The predicted octanol–water partition coefficient (Wildman–Crippen LogP) is 7.14. The van der Waals surface area contributed by atoms with E-state index in [0.717, 1.165) is 33.9 Å². The van der Waals surface area contributed by atoms with Crippen molar-refractivity contribution in [2.45, 2.75) is 26.3 Å². The van der Waals surface area contributed by atoms with Gasteiger partial charge in [0.2, 0.25) is 0 Å². The van der Waals surface area contributed by atoms with Gasteiger partial charge < -0.3 is 9.64 Å². The molecular formula is C30H29N3O2S. The summed E-state index contributed by atoms with van der Waals surface area (Å²) in [5.41, 5.74) is 5.80. The smallest absolute Gasteiger partial charge is 0.271 e. The summed E-state index contributed by atoms with van der Waals surface area (Å²) < 4.78 is 5.79. The molecule has 2 aliphatic rings. The van der Waals surface area contributed by atoms with Gasteiger partial charge in [-0.15, -0.1) is 0 Å². The number of carbonyl (C=O) groups excluding carboxylic acids is 1. The fourth-order valence-corrected chi connectivity index (χ4v) is 5.58. The van der Waals surface area contributed by atoms with Crippen LogP contribution < -0.4 is 14.5 Å². The predicted molar refractivity (Wildman–Crippen MR) is 152 cm³/mol. The molecule has 3 aromatic carbocycles. The molecule has 0 radical (unpaired) electrons. The molecule has 0 aliphatic carbocycles. The van der Waals surface area contributed by atoms with E-state index in [-0.39, 0.29) is 11.4 Å². The Morgan fingerprint density at radius 3 is 2.33 bits per heavy atom. The summed E-state index contributed by atoms with van der Waals surface area (Å²) in [6.45, 7) is 6.52. The van der Waals surface area contributed by atoms with Gasteiger partial charge in [0.05, 0.1) is 28.9 Å². The number of thioether (sulfide) groups is 1. The van der Waals surface area contributed by atoms with E-state index in [0.29, 0.717) is 10.1 Å². The number of hydrogen-bond donors (Lipinski definition) is 0. The average Bonchev–Trinajstić information content (AvgIpc) is 3.17. The Bertz CT molecular complexity index is 1410. The van der Waals surface area contributed by atoms with Crippen LogP contribution in [0.3, 0.4) is 0 Å². The Balaban J connectivity index is 1.61. The maximum Gasteiger partial charge on any atom is 0.271 e. The van der Waals surface area contributed by atoms with Crippen LogP contribution in [0.15, 0.2) is 88.8 Å². The lowest BCUT2D eigenvalue weighted by Gasteiger charge is -2.41. The van der Waals surface area contributed by atoms with Crippen LogP contribution in [0.5, 0.6) is 5.75 Å². The highest BCUT2D eigenvalue weighted by Gasteiger charge is 2.35. The van der Waals surface area contributed by atoms with Crippen molar-refractivity contribution in [2.75, 3.05) is 24.0 Å². The molecule has 0 spiro atoms. The third-order valence-corrected chi connectivity index (χ3v) is 7.63. The second-order valence-corrected chi connectivity index (χ2v) is 10.5. The highest BCUT2D eigenvalue weighted by Crippen LogP contribution is 2.43. The van der Waals surface area contributed by atoms with Gasteiger partial charge in [0, 0.05) is 29.9 Å². The van der Waals surface area contributed by atoms with Crippen LogP contribution in [0.25, 0.3) is 11.6 Å². The number of amidine groups is 1. The lowest BCUT2D eigenvalue weighted by Crippen LogP contribution is -2.42. The molecule has 2 heterocycles. The van der Waals surface area contributed by atoms with E-state index in [2.05, 4.69) is 50.9 Å². The number of anilines is 2. The minimum Gasteiger partial charge on any atom is -0.496 e. The van der Waals surface area contributed by atoms with E-state index >= 15 is 0 Å². The zero-order chi connectivity index (χ0) is 25.4. The Labute approximate surface area is 216 Å². The molecule has 0 N–H and O–H groups in total. The highest BCUT2D eigenvalue weighted by atomic mass is 32.2. The first kappa shape index (κ1) is 23.9. The van der Waals surface area contributed by atoms with Crippen LogP contribution >= 0.6 is 11.8 Å². The topological polar surface area (TPSA) is 45.1 Å². The molecule has 0 saturated carbocycles. The van der Waals surface area contributed by atoms with Crippen molar-refractivity contribution in [3.8, 4) is 5.75 Å². The van der Waals surface area contributed by atoms with E-state index < -0.39 is 0 Å². The number of amides is 1. The van der Waals surface area contributed by atoms with Crippen molar-refractivity contribution in [3.63, 3.8) is 0 Å². The molecule has 3 aromatic rings. The van der Waals surface area contributed by atoms with Crippen molar-refractivity contribution in [2.24, 2.45) is 4.99 Å². The molecular weight excluding hydrogens is 466 g/mol. The Kier molecular flexibility index (Phi) is 6.22. The maximum atomic E-state index is 13.7. The summed E-state index contributed by atoms with van der Waals surface area (Å²) in [6.07, 6.45) is 4.19. The first-order chi connectivity index (χ1) is 17.3. The Hall–Kier alpha value is -3.77. The normalized spacial score (nSPS) is 19.0. The molecule has 36 heavy (non-hydrogen) atoms. The minimum atomic E-state index is -0.105. The van der Waals surface area contributed by atoms with Crippen LogP contribution in [-0.2, 0) is 4.79 Å². The number of carbonyl (C=O) groups is 1. The largest absolute Gasteiger partial charge is 0.496 e. The Morgan fingerprint density at radius 2 is 1.67 bits per heavy atom. The molecule has 0 aromatic heterocycles. The molecule has 0 atom stereocenters. The van der Waals surface area contributed by atoms with Crippen LogP contribution in [0.2, 0.25) is 0 Å². The van der Waals surface area contributed by atoms with Gasteiger partial charge in [-0.25, -0.2) is 4.99 Å². The minimum absolute atomic E-state index is 0.0989. The van der Waals surface area contributed by atoms with Crippen LogP contribution in [0.4, 0.5) is 17.1 Å². The van der Waals surface area contributed by atoms with Gasteiger partial charge in [0.15, 0.2) is 5.17 Å². The first-order valence-corrected chi connectivity index (χ1v) is 12.7. The van der Waals surface area contributed by atoms with E-state index in [9.17, 15) is 4.79 Å². The lowest BCUT2D eigenvalue weighted by molar-refractivity contribution is -0.113. The summed E-state index contributed by atoms with van der Waals surface area (Å²) in [6, 6.07) is 23.5. The molecule has 1 saturated heterocycles. The quantitative estimate of drug-likeness (QED) is 0.361. The van der Waals surface area contributed by atoms with Crippen molar-refractivity contribution in [3.05, 3.63) is 94.9 Å². The lowest BCUT2D eigenvalue weighted by atomic mass is 9.88. The number of methoxy groups -OCH3 is 1. The van der Waals surface area contributed by atoms with Crippen LogP contribution in [-0.4, -0.2) is 30.8 Å². The molecule has 2 aliphatic heterocycles. The third kappa shape index (κ3) is 4.33. The number of aliphatic imine (C=N–C) groups is 1. The number of allylic oxidation sites excluding steroid dienone is 1. The van der Waals surface area contributed by atoms with Gasteiger partial charge in [-0.3, -0.25) is 9.69 Å². The number of fused-ring (bicyclic) bond motifs is 1. The second kappa shape index (κ2) is 9.36. The van der Waals surface area contributed by atoms with Crippen LogP contribution in [0.1, 0.15) is 31.9 Å². The van der Waals surface area contributed by atoms with Gasteiger partial charge in [-0.05, 0) is 74.5 Å². The summed E-state index contributed by atoms with van der Waals surface area (Å²) in [4.78, 5) is 23.0.